The molecule has 3 N–H and O–H groups in total. The maximum Gasteiger partial charge on any atom is 0.228 e. The highest BCUT2D eigenvalue weighted by Gasteiger charge is 2.24. The Bertz CT molecular complexity index is 758. The van der Waals surface area contributed by atoms with Crippen molar-refractivity contribution in [1.82, 2.24) is 4.98 Å². The minimum Gasteiger partial charge on any atom is -0.496 e. The SMILES string of the molecule is COc1cc(F)ccc1-c1ccnc(NC(=O)C2CCC(N)CC2)c1. The molecular formula is C19H22FN3O2. The van der Waals surface area contributed by atoms with E-state index in [4.69, 9.17) is 10.5 Å². The minimum absolute atomic E-state index is 0.0226. The van der Waals surface area contributed by atoms with Gasteiger partial charge in [0.2, 0.25) is 5.91 Å². The summed E-state index contributed by atoms with van der Waals surface area (Å²) in [5.74, 6) is 0.500. The number of hydrogen-bond acceptors (Lipinski definition) is 4. The van der Waals surface area contributed by atoms with Crippen LogP contribution in [0.25, 0.3) is 11.1 Å². The molecule has 0 unspecified atom stereocenters. The first-order valence-electron chi connectivity index (χ1n) is 8.43. The van der Waals surface area contributed by atoms with E-state index in [9.17, 15) is 9.18 Å². The highest BCUT2D eigenvalue weighted by Crippen LogP contribution is 2.31. The number of amides is 1. The Kier molecular flexibility index (Phi) is 5.28. The molecule has 132 valence electrons. The van der Waals surface area contributed by atoms with Crippen LogP contribution in [-0.2, 0) is 4.79 Å². The van der Waals surface area contributed by atoms with Crippen molar-refractivity contribution in [2.45, 2.75) is 31.7 Å². The molecule has 1 aromatic heterocycles. The van der Waals surface area contributed by atoms with E-state index in [1.54, 1.807) is 24.4 Å². The van der Waals surface area contributed by atoms with E-state index in [2.05, 4.69) is 10.3 Å². The number of pyridine rings is 1. The smallest absolute Gasteiger partial charge is 0.228 e. The van der Waals surface area contributed by atoms with Gasteiger partial charge in [-0.25, -0.2) is 9.37 Å². The quantitative estimate of drug-likeness (QED) is 0.892. The van der Waals surface area contributed by atoms with Crippen LogP contribution >= 0.6 is 0 Å². The van der Waals surface area contributed by atoms with Crippen molar-refractivity contribution in [2.75, 3.05) is 12.4 Å². The van der Waals surface area contributed by atoms with Gasteiger partial charge in [-0.15, -0.1) is 0 Å². The molecule has 1 aliphatic carbocycles. The third kappa shape index (κ3) is 4.14. The molecule has 1 aromatic carbocycles. The number of nitrogens with one attached hydrogen (secondary N) is 1. The molecule has 1 aliphatic rings. The van der Waals surface area contributed by atoms with Gasteiger partial charge >= 0.3 is 0 Å². The summed E-state index contributed by atoms with van der Waals surface area (Å²) < 4.78 is 18.6. The van der Waals surface area contributed by atoms with Crippen LogP contribution in [0.1, 0.15) is 25.7 Å². The molecule has 0 bridgehead atoms. The fraction of sp³-hybridized carbons (Fsp3) is 0.368. The zero-order chi connectivity index (χ0) is 17.8. The zero-order valence-electron chi connectivity index (χ0n) is 14.2. The van der Waals surface area contributed by atoms with E-state index in [-0.39, 0.29) is 23.7 Å². The number of carbonyl (C=O) groups is 1. The van der Waals surface area contributed by atoms with E-state index in [1.165, 1.54) is 19.2 Å². The van der Waals surface area contributed by atoms with E-state index in [0.717, 1.165) is 36.8 Å². The normalized spacial score (nSPS) is 20.1. The Hall–Kier alpha value is -2.47. The summed E-state index contributed by atoms with van der Waals surface area (Å²) in [5.41, 5.74) is 7.43. The Morgan fingerprint density at radius 1 is 1.24 bits per heavy atom. The Morgan fingerprint density at radius 3 is 2.72 bits per heavy atom. The largest absolute Gasteiger partial charge is 0.496 e. The molecule has 2 aromatic rings. The average Bonchev–Trinajstić information content (AvgIpc) is 2.62. The lowest BCUT2D eigenvalue weighted by Gasteiger charge is -2.25. The molecule has 0 saturated heterocycles. The van der Waals surface area contributed by atoms with Crippen LogP contribution in [0.5, 0.6) is 5.75 Å². The maximum absolute atomic E-state index is 13.4. The lowest BCUT2D eigenvalue weighted by Crippen LogP contribution is -2.32. The van der Waals surface area contributed by atoms with Crippen LogP contribution < -0.4 is 15.8 Å². The van der Waals surface area contributed by atoms with Crippen molar-refractivity contribution >= 4 is 11.7 Å². The van der Waals surface area contributed by atoms with Gasteiger partial charge in [0.1, 0.15) is 17.4 Å². The Morgan fingerprint density at radius 2 is 2.00 bits per heavy atom. The summed E-state index contributed by atoms with van der Waals surface area (Å²) in [6, 6.07) is 8.13. The summed E-state index contributed by atoms with van der Waals surface area (Å²) >= 11 is 0. The molecular weight excluding hydrogens is 321 g/mol. The van der Waals surface area contributed by atoms with Crippen LogP contribution in [0, 0.1) is 11.7 Å². The Labute approximate surface area is 146 Å². The standard InChI is InChI=1S/C19H22FN3O2/c1-25-17-11-14(20)4-7-16(17)13-8-9-22-18(10-13)23-19(24)12-2-5-15(21)6-3-12/h4,7-12,15H,2-3,5-6,21H2,1H3,(H,22,23,24). The summed E-state index contributed by atoms with van der Waals surface area (Å²) in [4.78, 5) is 16.6. The topological polar surface area (TPSA) is 77.2 Å². The fourth-order valence-corrected chi connectivity index (χ4v) is 3.18. The highest BCUT2D eigenvalue weighted by atomic mass is 19.1. The second-order valence-corrected chi connectivity index (χ2v) is 6.38. The van der Waals surface area contributed by atoms with Crippen LogP contribution in [0.4, 0.5) is 10.2 Å². The third-order valence-corrected chi connectivity index (χ3v) is 4.63. The molecule has 5 nitrogen and oxygen atoms in total. The van der Waals surface area contributed by atoms with Crippen molar-refractivity contribution in [3.8, 4) is 16.9 Å². The van der Waals surface area contributed by atoms with Gasteiger partial charge in [-0.1, -0.05) is 0 Å². The lowest BCUT2D eigenvalue weighted by atomic mass is 9.86. The van der Waals surface area contributed by atoms with Gasteiger partial charge in [-0.3, -0.25) is 4.79 Å². The molecule has 1 saturated carbocycles. The Balaban J connectivity index is 1.77. The van der Waals surface area contributed by atoms with Gasteiger partial charge < -0.3 is 15.8 Å². The van der Waals surface area contributed by atoms with Crippen molar-refractivity contribution in [1.29, 1.82) is 0 Å². The monoisotopic (exact) mass is 343 g/mol. The molecule has 0 aliphatic heterocycles. The van der Waals surface area contributed by atoms with Crippen LogP contribution in [0.2, 0.25) is 0 Å². The van der Waals surface area contributed by atoms with Gasteiger partial charge in [0.15, 0.2) is 0 Å². The van der Waals surface area contributed by atoms with Gasteiger partial charge in [0.25, 0.3) is 0 Å². The molecule has 1 amide bonds. The van der Waals surface area contributed by atoms with Crippen molar-refractivity contribution in [3.05, 3.63) is 42.3 Å². The first-order chi connectivity index (χ1) is 12.1. The van der Waals surface area contributed by atoms with Gasteiger partial charge in [-0.2, -0.15) is 0 Å². The van der Waals surface area contributed by atoms with E-state index in [1.807, 2.05) is 0 Å². The number of halogens is 1. The summed E-state index contributed by atoms with van der Waals surface area (Å²) in [7, 11) is 1.50. The predicted molar refractivity (Wildman–Crippen MR) is 94.7 cm³/mol. The van der Waals surface area contributed by atoms with Crippen LogP contribution in [-0.4, -0.2) is 24.0 Å². The summed E-state index contributed by atoms with van der Waals surface area (Å²) in [6.07, 6.45) is 4.97. The molecule has 6 heteroatoms. The second-order valence-electron chi connectivity index (χ2n) is 6.38. The number of aromatic nitrogens is 1. The number of methoxy groups -OCH3 is 1. The van der Waals surface area contributed by atoms with Gasteiger partial charge in [0, 0.05) is 29.8 Å². The van der Waals surface area contributed by atoms with E-state index in [0.29, 0.717) is 11.6 Å². The highest BCUT2D eigenvalue weighted by molar-refractivity contribution is 5.92. The number of anilines is 1. The average molecular weight is 343 g/mol. The molecule has 3 rings (SSSR count). The number of ether oxygens (including phenoxy) is 1. The first kappa shape index (κ1) is 17.4. The fourth-order valence-electron chi connectivity index (χ4n) is 3.18. The molecule has 1 heterocycles. The number of rotatable bonds is 4. The van der Waals surface area contributed by atoms with Crippen LogP contribution in [0.15, 0.2) is 36.5 Å². The maximum atomic E-state index is 13.4. The summed E-state index contributed by atoms with van der Waals surface area (Å²) in [6.45, 7) is 0. The number of nitrogens with zero attached hydrogens (tertiary/aromatic N) is 1. The van der Waals surface area contributed by atoms with Crippen molar-refractivity contribution in [2.24, 2.45) is 11.7 Å². The number of nitrogens with two attached hydrogens (primary N) is 1. The van der Waals surface area contributed by atoms with Crippen molar-refractivity contribution < 1.29 is 13.9 Å². The number of carbonyl (C=O) groups excluding carboxylic acids is 1. The minimum atomic E-state index is -0.362. The number of hydrogen-bond donors (Lipinski definition) is 2. The van der Waals surface area contributed by atoms with Gasteiger partial charge in [0.05, 0.1) is 7.11 Å². The first-order valence-corrected chi connectivity index (χ1v) is 8.43. The second kappa shape index (κ2) is 7.61. The zero-order valence-corrected chi connectivity index (χ0v) is 14.2. The molecule has 0 radical (unpaired) electrons. The van der Waals surface area contributed by atoms with E-state index < -0.39 is 0 Å². The molecule has 0 atom stereocenters. The third-order valence-electron chi connectivity index (χ3n) is 4.63. The summed E-state index contributed by atoms with van der Waals surface area (Å²) in [5, 5.41) is 2.88. The van der Waals surface area contributed by atoms with Crippen LogP contribution in [0.3, 0.4) is 0 Å². The van der Waals surface area contributed by atoms with Gasteiger partial charge in [-0.05, 0) is 55.5 Å². The number of benzene rings is 1. The predicted octanol–water partition coefficient (Wildman–Crippen LogP) is 3.35. The molecule has 1 fully saturated rings. The molecule has 25 heavy (non-hydrogen) atoms. The van der Waals surface area contributed by atoms with E-state index >= 15 is 0 Å². The van der Waals surface area contributed by atoms with Crippen molar-refractivity contribution in [3.63, 3.8) is 0 Å². The molecule has 0 spiro atoms. The lowest BCUT2D eigenvalue weighted by molar-refractivity contribution is -0.120.